The van der Waals surface area contributed by atoms with Crippen molar-refractivity contribution >= 4 is 0 Å². The van der Waals surface area contributed by atoms with Gasteiger partial charge in [-0.3, -0.25) is 0 Å². The van der Waals surface area contributed by atoms with Crippen LogP contribution in [0.5, 0.6) is 0 Å². The van der Waals surface area contributed by atoms with Gasteiger partial charge in [-0.05, 0) is 56.3 Å². The molecule has 0 heterocycles. The molecule has 0 spiro atoms. The molecule has 0 atom stereocenters. The molecule has 0 aliphatic heterocycles. The van der Waals surface area contributed by atoms with Crippen LogP contribution in [0.2, 0.25) is 0 Å². The van der Waals surface area contributed by atoms with Crippen LogP contribution in [-0.4, -0.2) is 0 Å². The minimum atomic E-state index is 0.0399. The fraction of sp³-hybridized carbons (Fsp3) is 0.962. The summed E-state index contributed by atoms with van der Waals surface area (Å²) in [5.74, 6) is 2.85. The number of nitrogens with zero attached hydrogens (tertiary/aromatic N) is 1. The van der Waals surface area contributed by atoms with Crippen LogP contribution in [0.15, 0.2) is 0 Å². The Kier molecular flexibility index (Phi) is 10.8. The smallest absolute Gasteiger partial charge is 0.0689 e. The van der Waals surface area contributed by atoms with Gasteiger partial charge in [-0.2, -0.15) is 5.26 Å². The van der Waals surface area contributed by atoms with Crippen molar-refractivity contribution in [2.45, 2.75) is 136 Å². The van der Waals surface area contributed by atoms with Gasteiger partial charge in [-0.25, -0.2) is 0 Å². The van der Waals surface area contributed by atoms with Crippen molar-refractivity contribution in [2.24, 2.45) is 23.2 Å². The number of hydrogen-bond donors (Lipinski definition) is 0. The number of nitriles is 1. The molecule has 0 aromatic carbocycles. The van der Waals surface area contributed by atoms with E-state index in [1.54, 1.807) is 0 Å². The second kappa shape index (κ2) is 12.9. The lowest BCUT2D eigenvalue weighted by atomic mass is 9.66. The fourth-order valence-electron chi connectivity index (χ4n) is 5.77. The molecule has 27 heavy (non-hydrogen) atoms. The Hall–Kier alpha value is -0.510. The number of hydrogen-bond acceptors (Lipinski definition) is 1. The molecule has 1 nitrogen and oxygen atoms in total. The molecule has 1 heteroatoms. The van der Waals surface area contributed by atoms with Gasteiger partial charge in [-0.1, -0.05) is 97.3 Å². The molecule has 0 radical (unpaired) electrons. The first kappa shape index (κ1) is 22.8. The third kappa shape index (κ3) is 8.17. The minimum absolute atomic E-state index is 0.0399. The molecule has 0 N–H and O–H groups in total. The average Bonchev–Trinajstić information content (AvgIpc) is 2.72. The molecule has 0 aromatic heterocycles. The lowest BCUT2D eigenvalue weighted by Gasteiger charge is -2.37. The Morgan fingerprint density at radius 1 is 0.667 bits per heavy atom. The normalized spacial score (nSPS) is 31.5. The van der Waals surface area contributed by atoms with E-state index in [0.717, 1.165) is 17.8 Å². The molecule has 2 rings (SSSR count). The number of rotatable bonds is 12. The van der Waals surface area contributed by atoms with E-state index in [9.17, 15) is 5.26 Å². The Morgan fingerprint density at radius 2 is 1.15 bits per heavy atom. The molecule has 0 amide bonds. The summed E-state index contributed by atoms with van der Waals surface area (Å²) in [5, 5.41) is 9.90. The summed E-state index contributed by atoms with van der Waals surface area (Å²) in [6, 6.07) is 2.79. The standard InChI is InChI=1S/C26H47N/c1-3-5-7-9-11-23-12-14-25(15-13-23)18-21-26(22-27)19-16-24(17-20-26)10-8-6-4-2/h23-25H,3-21H2,1-2H3/t23-,24-,25-,26-. The van der Waals surface area contributed by atoms with Crippen LogP contribution >= 0.6 is 0 Å². The summed E-state index contributed by atoms with van der Waals surface area (Å²) < 4.78 is 0. The van der Waals surface area contributed by atoms with E-state index in [4.69, 9.17) is 0 Å². The maximum atomic E-state index is 9.90. The van der Waals surface area contributed by atoms with Gasteiger partial charge >= 0.3 is 0 Å². The summed E-state index contributed by atoms with van der Waals surface area (Å²) in [7, 11) is 0. The average molecular weight is 374 g/mol. The minimum Gasteiger partial charge on any atom is -0.198 e. The van der Waals surface area contributed by atoms with E-state index in [1.807, 2.05) is 0 Å². The van der Waals surface area contributed by atoms with Gasteiger partial charge in [0.25, 0.3) is 0 Å². The third-order valence-corrected chi connectivity index (χ3v) is 7.98. The summed E-state index contributed by atoms with van der Waals surface area (Å²) in [4.78, 5) is 0. The zero-order chi connectivity index (χ0) is 19.4. The van der Waals surface area contributed by atoms with Crippen molar-refractivity contribution < 1.29 is 0 Å². The van der Waals surface area contributed by atoms with E-state index in [0.29, 0.717) is 0 Å². The predicted octanol–water partition coefficient (Wildman–Crippen LogP) is 8.82. The zero-order valence-electron chi connectivity index (χ0n) is 18.6. The largest absolute Gasteiger partial charge is 0.198 e. The predicted molar refractivity (Wildman–Crippen MR) is 118 cm³/mol. The van der Waals surface area contributed by atoms with Crippen LogP contribution in [0.25, 0.3) is 0 Å². The summed E-state index contributed by atoms with van der Waals surface area (Å²) in [6.07, 6.45) is 26.1. The molecule has 156 valence electrons. The molecule has 2 fully saturated rings. The van der Waals surface area contributed by atoms with Gasteiger partial charge in [0.05, 0.1) is 11.5 Å². The Bertz CT molecular complexity index is 404. The van der Waals surface area contributed by atoms with Gasteiger partial charge < -0.3 is 0 Å². The molecule has 0 unspecified atom stereocenters. The maximum absolute atomic E-state index is 9.90. The molecule has 2 aliphatic rings. The topological polar surface area (TPSA) is 23.8 Å². The summed E-state index contributed by atoms with van der Waals surface area (Å²) in [5.41, 5.74) is 0.0399. The van der Waals surface area contributed by atoms with E-state index in [-0.39, 0.29) is 5.41 Å². The number of unbranched alkanes of at least 4 members (excludes halogenated alkanes) is 5. The summed E-state index contributed by atoms with van der Waals surface area (Å²) in [6.45, 7) is 4.60. The highest BCUT2D eigenvalue weighted by Gasteiger charge is 2.35. The molecule has 2 aliphatic carbocycles. The monoisotopic (exact) mass is 373 g/mol. The van der Waals surface area contributed by atoms with Crippen molar-refractivity contribution in [3.63, 3.8) is 0 Å². The van der Waals surface area contributed by atoms with Crippen LogP contribution in [0.4, 0.5) is 0 Å². The van der Waals surface area contributed by atoms with Crippen LogP contribution < -0.4 is 0 Å². The zero-order valence-corrected chi connectivity index (χ0v) is 18.6. The van der Waals surface area contributed by atoms with Crippen molar-refractivity contribution in [1.29, 1.82) is 5.26 Å². The highest BCUT2D eigenvalue weighted by atomic mass is 14.4. The van der Waals surface area contributed by atoms with E-state index in [2.05, 4.69) is 19.9 Å². The second-order valence-corrected chi connectivity index (χ2v) is 10.1. The fourth-order valence-corrected chi connectivity index (χ4v) is 5.77. The van der Waals surface area contributed by atoms with Crippen LogP contribution in [0.3, 0.4) is 0 Å². The Labute approximate surface area is 170 Å². The SMILES string of the molecule is CCCCCC[C@H]1CC[C@H](CC[C@]2(C#N)CC[C@H](CCCCC)CC2)CC1. The van der Waals surface area contributed by atoms with Gasteiger partial charge in [0.15, 0.2) is 0 Å². The van der Waals surface area contributed by atoms with E-state index in [1.165, 1.54) is 122 Å². The second-order valence-electron chi connectivity index (χ2n) is 10.1. The molecule has 2 saturated carbocycles. The maximum Gasteiger partial charge on any atom is 0.0689 e. The van der Waals surface area contributed by atoms with Crippen LogP contribution in [0.1, 0.15) is 136 Å². The van der Waals surface area contributed by atoms with Crippen LogP contribution in [0, 0.1) is 34.5 Å². The quantitative estimate of drug-likeness (QED) is 0.313. The van der Waals surface area contributed by atoms with Crippen molar-refractivity contribution in [3.05, 3.63) is 0 Å². The first-order valence-electron chi connectivity index (χ1n) is 12.6. The van der Waals surface area contributed by atoms with Crippen molar-refractivity contribution in [1.82, 2.24) is 0 Å². The Balaban J connectivity index is 1.62. The first-order chi connectivity index (χ1) is 13.2. The van der Waals surface area contributed by atoms with Gasteiger partial charge in [0.1, 0.15) is 0 Å². The molecule has 0 bridgehead atoms. The van der Waals surface area contributed by atoms with Crippen molar-refractivity contribution in [3.8, 4) is 6.07 Å². The Morgan fingerprint density at radius 3 is 1.70 bits per heavy atom. The van der Waals surface area contributed by atoms with Crippen molar-refractivity contribution in [2.75, 3.05) is 0 Å². The van der Waals surface area contributed by atoms with E-state index >= 15 is 0 Å². The highest BCUT2D eigenvalue weighted by molar-refractivity contribution is 5.01. The molecular weight excluding hydrogens is 326 g/mol. The van der Waals surface area contributed by atoms with Gasteiger partial charge in [-0.15, -0.1) is 0 Å². The lowest BCUT2D eigenvalue weighted by molar-refractivity contribution is 0.162. The summed E-state index contributed by atoms with van der Waals surface area (Å²) >= 11 is 0. The molecule has 0 saturated heterocycles. The van der Waals surface area contributed by atoms with Crippen LogP contribution in [-0.2, 0) is 0 Å². The lowest BCUT2D eigenvalue weighted by Crippen LogP contribution is -2.27. The first-order valence-corrected chi connectivity index (χ1v) is 12.6. The van der Waals surface area contributed by atoms with E-state index < -0.39 is 0 Å². The third-order valence-electron chi connectivity index (χ3n) is 7.98. The molecule has 0 aromatic rings. The van der Waals surface area contributed by atoms with Gasteiger partial charge in [0, 0.05) is 0 Å². The van der Waals surface area contributed by atoms with Gasteiger partial charge in [0.2, 0.25) is 0 Å². The highest BCUT2D eigenvalue weighted by Crippen LogP contribution is 2.45. The molecular formula is C26H47N.